The second kappa shape index (κ2) is 8.58. The molecule has 2 atom stereocenters. The van der Waals surface area contributed by atoms with E-state index in [-0.39, 0.29) is 5.56 Å². The van der Waals surface area contributed by atoms with Crippen molar-refractivity contribution in [3.63, 3.8) is 0 Å². The molecule has 0 spiro atoms. The minimum Gasteiger partial charge on any atom is -0.299 e. The molecule has 0 bridgehead atoms. The summed E-state index contributed by atoms with van der Waals surface area (Å²) in [6, 6.07) is 11.5. The molecule has 0 radical (unpaired) electrons. The molecule has 1 saturated carbocycles. The van der Waals surface area contributed by atoms with E-state index in [0.717, 1.165) is 23.0 Å². The van der Waals surface area contributed by atoms with Gasteiger partial charge in [0.1, 0.15) is 5.52 Å². The molecule has 8 nitrogen and oxygen atoms in total. The molecule has 9 heteroatoms. The third-order valence-electron chi connectivity index (χ3n) is 5.93. The van der Waals surface area contributed by atoms with E-state index in [2.05, 4.69) is 37.0 Å². The van der Waals surface area contributed by atoms with Crippen LogP contribution in [0.5, 0.6) is 0 Å². The van der Waals surface area contributed by atoms with Crippen molar-refractivity contribution in [1.29, 1.82) is 0 Å². The van der Waals surface area contributed by atoms with Gasteiger partial charge < -0.3 is 0 Å². The van der Waals surface area contributed by atoms with E-state index in [9.17, 15) is 4.79 Å². The van der Waals surface area contributed by atoms with Crippen molar-refractivity contribution < 1.29 is 0 Å². The Balaban J connectivity index is 1.50. The summed E-state index contributed by atoms with van der Waals surface area (Å²) in [6.45, 7) is 2.30. The summed E-state index contributed by atoms with van der Waals surface area (Å²) in [5.41, 5.74) is 1.40. The Morgan fingerprint density at radius 1 is 1.06 bits per heavy atom. The average molecular weight is 434 g/mol. The number of rotatable bonds is 5. The summed E-state index contributed by atoms with van der Waals surface area (Å²) < 4.78 is 3.63. The van der Waals surface area contributed by atoms with Gasteiger partial charge in [0.25, 0.3) is 5.56 Å². The zero-order valence-electron chi connectivity index (χ0n) is 17.3. The smallest absolute Gasteiger partial charge is 0.278 e. The predicted octanol–water partition coefficient (Wildman–Crippen LogP) is 3.95. The monoisotopic (exact) mass is 433 g/mol. The van der Waals surface area contributed by atoms with Crippen LogP contribution >= 0.6 is 11.8 Å². The van der Waals surface area contributed by atoms with Crippen LogP contribution in [0.15, 0.2) is 58.7 Å². The number of hydrogen-bond acceptors (Lipinski definition) is 7. The van der Waals surface area contributed by atoms with Crippen molar-refractivity contribution in [2.75, 3.05) is 0 Å². The van der Waals surface area contributed by atoms with E-state index in [0.29, 0.717) is 28.7 Å². The van der Waals surface area contributed by atoms with Crippen molar-refractivity contribution in [2.24, 2.45) is 5.92 Å². The normalized spacial score (nSPS) is 19.0. The largest absolute Gasteiger partial charge is 0.299 e. The molecular weight excluding hydrogens is 410 g/mol. The molecule has 0 N–H and O–H groups in total. The van der Waals surface area contributed by atoms with E-state index in [4.69, 9.17) is 0 Å². The Kier molecular flexibility index (Phi) is 5.50. The molecule has 1 aromatic carbocycles. The van der Waals surface area contributed by atoms with Crippen molar-refractivity contribution >= 4 is 22.7 Å². The number of nitrogens with zero attached hydrogens (tertiary/aromatic N) is 7. The van der Waals surface area contributed by atoms with Gasteiger partial charge >= 0.3 is 0 Å². The highest BCUT2D eigenvalue weighted by molar-refractivity contribution is 7.98. The third-order valence-corrected chi connectivity index (χ3v) is 6.84. The number of thioether (sulfide) groups is 1. The van der Waals surface area contributed by atoms with Gasteiger partial charge in [-0.15, -0.1) is 15.3 Å². The first kappa shape index (κ1) is 19.9. The summed E-state index contributed by atoms with van der Waals surface area (Å²) in [6.07, 6.45) is 8.31. The molecule has 0 unspecified atom stereocenters. The van der Waals surface area contributed by atoms with E-state index < -0.39 is 0 Å². The molecule has 1 fully saturated rings. The van der Waals surface area contributed by atoms with Gasteiger partial charge in [0.2, 0.25) is 0 Å². The van der Waals surface area contributed by atoms with Gasteiger partial charge in [0, 0.05) is 24.0 Å². The van der Waals surface area contributed by atoms with Gasteiger partial charge in [-0.2, -0.15) is 4.68 Å². The van der Waals surface area contributed by atoms with Crippen LogP contribution in [-0.2, 0) is 5.88 Å². The quantitative estimate of drug-likeness (QED) is 0.440. The lowest BCUT2D eigenvalue weighted by Crippen LogP contribution is -2.24. The van der Waals surface area contributed by atoms with Gasteiger partial charge in [-0.1, -0.05) is 48.9 Å². The van der Waals surface area contributed by atoms with E-state index in [1.54, 1.807) is 18.3 Å². The minimum absolute atomic E-state index is 0.150. The van der Waals surface area contributed by atoms with E-state index in [1.165, 1.54) is 35.7 Å². The van der Waals surface area contributed by atoms with Crippen LogP contribution in [0.1, 0.15) is 38.6 Å². The highest BCUT2D eigenvalue weighted by Gasteiger charge is 2.28. The Bertz CT molecular complexity index is 1250. The second-order valence-corrected chi connectivity index (χ2v) is 8.84. The zero-order valence-corrected chi connectivity index (χ0v) is 18.1. The summed E-state index contributed by atoms with van der Waals surface area (Å²) in [7, 11) is 0. The van der Waals surface area contributed by atoms with Gasteiger partial charge in [0.15, 0.2) is 11.0 Å². The van der Waals surface area contributed by atoms with Crippen molar-refractivity contribution in [3.8, 4) is 11.4 Å². The molecule has 31 heavy (non-hydrogen) atoms. The molecular formula is C22H23N7OS. The maximum atomic E-state index is 12.8. The first-order valence-electron chi connectivity index (χ1n) is 10.5. The number of aromatic nitrogens is 7. The zero-order chi connectivity index (χ0) is 21.2. The summed E-state index contributed by atoms with van der Waals surface area (Å²) >= 11 is 1.46. The molecule has 5 rings (SSSR count). The maximum absolute atomic E-state index is 12.8. The Morgan fingerprint density at radius 3 is 2.77 bits per heavy atom. The highest BCUT2D eigenvalue weighted by Crippen LogP contribution is 2.39. The number of hydrogen-bond donors (Lipinski definition) is 0. The SMILES string of the molecule is C[C@H]1CCCC[C@H]1n1c(SCn2nnc3ccccc3c2=O)nnc1-c1cccnc1. The third kappa shape index (κ3) is 3.85. The number of pyridine rings is 1. The van der Waals surface area contributed by atoms with Crippen LogP contribution in [0.2, 0.25) is 0 Å². The maximum Gasteiger partial charge on any atom is 0.278 e. The van der Waals surface area contributed by atoms with E-state index >= 15 is 0 Å². The first-order chi connectivity index (χ1) is 15.2. The van der Waals surface area contributed by atoms with Gasteiger partial charge in [-0.25, -0.2) is 0 Å². The Labute approximate surface area is 183 Å². The molecule has 1 aliphatic carbocycles. The molecule has 3 heterocycles. The molecule has 0 aliphatic heterocycles. The van der Waals surface area contributed by atoms with Crippen molar-refractivity contribution in [2.45, 2.75) is 49.7 Å². The fourth-order valence-electron chi connectivity index (χ4n) is 4.27. The number of benzene rings is 1. The van der Waals surface area contributed by atoms with Crippen LogP contribution in [0, 0.1) is 5.92 Å². The molecule has 4 aromatic rings. The Morgan fingerprint density at radius 2 is 1.94 bits per heavy atom. The highest BCUT2D eigenvalue weighted by atomic mass is 32.2. The van der Waals surface area contributed by atoms with E-state index in [1.807, 2.05) is 30.5 Å². The lowest BCUT2D eigenvalue weighted by Gasteiger charge is -2.31. The van der Waals surface area contributed by atoms with Gasteiger partial charge in [-0.3, -0.25) is 14.3 Å². The lowest BCUT2D eigenvalue weighted by molar-refractivity contribution is 0.247. The first-order valence-corrected chi connectivity index (χ1v) is 11.5. The summed E-state index contributed by atoms with van der Waals surface area (Å²) in [4.78, 5) is 17.1. The molecule has 0 saturated heterocycles. The second-order valence-electron chi connectivity index (χ2n) is 7.93. The topological polar surface area (TPSA) is 91.4 Å². The summed E-state index contributed by atoms with van der Waals surface area (Å²) in [5, 5.41) is 18.6. The van der Waals surface area contributed by atoms with Crippen molar-refractivity contribution in [3.05, 3.63) is 59.1 Å². The van der Waals surface area contributed by atoms with Crippen LogP contribution in [0.25, 0.3) is 22.3 Å². The number of fused-ring (bicyclic) bond motifs is 1. The Hall–Kier alpha value is -3.07. The molecule has 158 valence electrons. The van der Waals surface area contributed by atoms with Gasteiger partial charge in [0.05, 0.1) is 11.3 Å². The standard InChI is InChI=1S/C22H23N7OS/c1-15-7-2-5-11-19(15)29-20(16-8-6-12-23-13-16)25-26-22(29)31-14-28-21(30)17-9-3-4-10-18(17)24-27-28/h3-4,6,8-10,12-13,15,19H,2,5,7,11,14H2,1H3/t15-,19+/m0/s1. The fraction of sp³-hybridized carbons (Fsp3) is 0.364. The molecule has 0 amide bonds. The lowest BCUT2D eigenvalue weighted by atomic mass is 9.85. The van der Waals surface area contributed by atoms with Crippen LogP contribution < -0.4 is 5.56 Å². The fourth-order valence-corrected chi connectivity index (χ4v) is 5.14. The average Bonchev–Trinajstić information content (AvgIpc) is 3.23. The van der Waals surface area contributed by atoms with Crippen LogP contribution in [0.3, 0.4) is 0 Å². The van der Waals surface area contributed by atoms with Crippen LogP contribution in [0.4, 0.5) is 0 Å². The molecule has 1 aliphatic rings. The predicted molar refractivity (Wildman–Crippen MR) is 120 cm³/mol. The van der Waals surface area contributed by atoms with Crippen molar-refractivity contribution in [1.82, 2.24) is 34.7 Å². The summed E-state index contributed by atoms with van der Waals surface area (Å²) in [5.74, 6) is 1.68. The molecule has 3 aromatic heterocycles. The van der Waals surface area contributed by atoms with Gasteiger partial charge in [-0.05, 0) is 43.0 Å². The van der Waals surface area contributed by atoms with Crippen LogP contribution in [-0.4, -0.2) is 34.7 Å². The minimum atomic E-state index is -0.150.